The number of likely N-dealkylation sites (tertiary alicyclic amines) is 1. The highest BCUT2D eigenvalue weighted by Crippen LogP contribution is 2.39. The Morgan fingerprint density at radius 3 is 2.69 bits per heavy atom. The summed E-state index contributed by atoms with van der Waals surface area (Å²) in [5, 5.41) is 4.62. The summed E-state index contributed by atoms with van der Waals surface area (Å²) in [6.07, 6.45) is 1.54. The smallest absolute Gasteiger partial charge is 0.322 e. The lowest BCUT2D eigenvalue weighted by Crippen LogP contribution is -2.52. The van der Waals surface area contributed by atoms with Crippen LogP contribution in [0.2, 0.25) is 0 Å². The lowest BCUT2D eigenvalue weighted by molar-refractivity contribution is 0.183. The normalized spacial score (nSPS) is 23.2. The topological polar surface area (TPSA) is 97.0 Å². The molecule has 1 aliphatic heterocycles. The number of sulfonamides is 1. The van der Waals surface area contributed by atoms with Crippen molar-refractivity contribution >= 4 is 33.1 Å². The number of nitrogens with one attached hydrogen (secondary N) is 2. The van der Waals surface area contributed by atoms with E-state index in [9.17, 15) is 13.2 Å². The number of hydrogen-bond donors (Lipinski definition) is 2. The van der Waals surface area contributed by atoms with Crippen LogP contribution in [0.5, 0.6) is 11.5 Å². The van der Waals surface area contributed by atoms with Crippen molar-refractivity contribution in [3.8, 4) is 11.5 Å². The maximum absolute atomic E-state index is 12.9. The van der Waals surface area contributed by atoms with Gasteiger partial charge in [0.1, 0.15) is 15.7 Å². The number of benzene rings is 1. The molecule has 1 aliphatic carbocycles. The molecule has 1 saturated heterocycles. The monoisotopic (exact) mass is 437 g/mol. The molecule has 0 radical (unpaired) electrons. The molecule has 29 heavy (non-hydrogen) atoms. The predicted octanol–water partition coefficient (Wildman–Crippen LogP) is 2.74. The first kappa shape index (κ1) is 20.0. The minimum atomic E-state index is -3.57. The zero-order valence-corrected chi connectivity index (χ0v) is 17.8. The van der Waals surface area contributed by atoms with Crippen molar-refractivity contribution in [1.29, 1.82) is 0 Å². The van der Waals surface area contributed by atoms with Gasteiger partial charge in [0.15, 0.2) is 0 Å². The van der Waals surface area contributed by atoms with Crippen LogP contribution in [0.1, 0.15) is 12.8 Å². The molecule has 2 heterocycles. The average molecular weight is 438 g/mol. The summed E-state index contributed by atoms with van der Waals surface area (Å²) in [5.41, 5.74) is 0.539. The molecular formula is C19H23N3O5S2. The molecule has 0 unspecified atom stereocenters. The number of anilines is 1. The second-order valence-corrected chi connectivity index (χ2v) is 10.1. The largest absolute Gasteiger partial charge is 0.497 e. The van der Waals surface area contributed by atoms with Crippen LogP contribution >= 0.6 is 11.3 Å². The van der Waals surface area contributed by atoms with E-state index in [0.717, 1.165) is 12.8 Å². The average Bonchev–Trinajstić information content (AvgIpc) is 3.45. The van der Waals surface area contributed by atoms with Crippen LogP contribution in [-0.2, 0) is 10.0 Å². The summed E-state index contributed by atoms with van der Waals surface area (Å²) in [4.78, 5) is 14.6. The molecule has 1 aromatic carbocycles. The molecule has 0 spiro atoms. The summed E-state index contributed by atoms with van der Waals surface area (Å²) in [7, 11) is -0.487. The number of carbonyl (C=O) groups excluding carboxylic acids is 1. The first-order valence-electron chi connectivity index (χ1n) is 9.26. The van der Waals surface area contributed by atoms with Gasteiger partial charge in [0.05, 0.1) is 25.9 Å². The maximum atomic E-state index is 12.9. The number of nitrogens with zero attached hydrogens (tertiary/aromatic N) is 1. The number of piperidine rings is 1. The number of methoxy groups -OCH3 is 2. The molecule has 8 nitrogen and oxygen atoms in total. The Hall–Kier alpha value is -2.30. The molecule has 2 aliphatic rings. The summed E-state index contributed by atoms with van der Waals surface area (Å²) in [5.74, 6) is 1.42. The van der Waals surface area contributed by atoms with E-state index in [4.69, 9.17) is 9.47 Å². The number of hydrogen-bond acceptors (Lipinski definition) is 6. The molecule has 156 valence electrons. The molecular weight excluding hydrogens is 414 g/mol. The van der Waals surface area contributed by atoms with Crippen LogP contribution in [0.3, 0.4) is 0 Å². The number of ether oxygens (including phenoxy) is 2. The van der Waals surface area contributed by atoms with Crippen molar-refractivity contribution in [2.24, 2.45) is 5.92 Å². The van der Waals surface area contributed by atoms with Crippen LogP contribution in [0.25, 0.3) is 0 Å². The van der Waals surface area contributed by atoms with Crippen molar-refractivity contribution in [3.05, 3.63) is 35.7 Å². The van der Waals surface area contributed by atoms with Crippen molar-refractivity contribution < 1.29 is 22.7 Å². The Bertz CT molecular complexity index is 993. The van der Waals surface area contributed by atoms with Gasteiger partial charge in [-0.1, -0.05) is 6.07 Å². The quantitative estimate of drug-likeness (QED) is 0.724. The van der Waals surface area contributed by atoms with Crippen molar-refractivity contribution in [3.63, 3.8) is 0 Å². The van der Waals surface area contributed by atoms with Crippen LogP contribution in [-0.4, -0.2) is 52.2 Å². The van der Waals surface area contributed by atoms with Gasteiger partial charge in [0, 0.05) is 18.7 Å². The van der Waals surface area contributed by atoms with E-state index in [1.807, 2.05) is 0 Å². The Kier molecular flexibility index (Phi) is 5.41. The highest BCUT2D eigenvalue weighted by molar-refractivity contribution is 7.91. The van der Waals surface area contributed by atoms with Gasteiger partial charge >= 0.3 is 6.03 Å². The van der Waals surface area contributed by atoms with E-state index >= 15 is 0 Å². The zero-order chi connectivity index (χ0) is 20.6. The first-order chi connectivity index (χ1) is 13.9. The molecule has 2 N–H and O–H groups in total. The number of thiophene rings is 1. The molecule has 2 amide bonds. The highest BCUT2D eigenvalue weighted by Gasteiger charge is 2.48. The molecule has 1 saturated carbocycles. The second-order valence-electron chi connectivity index (χ2n) is 7.21. The van der Waals surface area contributed by atoms with E-state index in [0.29, 0.717) is 33.9 Å². The Labute approximate surface area is 173 Å². The van der Waals surface area contributed by atoms with Gasteiger partial charge in [-0.05, 0) is 42.3 Å². The number of carbonyl (C=O) groups is 1. The van der Waals surface area contributed by atoms with Gasteiger partial charge in [-0.25, -0.2) is 17.9 Å². The molecule has 2 fully saturated rings. The van der Waals surface area contributed by atoms with Crippen LogP contribution in [0.15, 0.2) is 39.9 Å². The summed E-state index contributed by atoms with van der Waals surface area (Å²) in [6.45, 7) is 0.617. The second kappa shape index (κ2) is 7.85. The van der Waals surface area contributed by atoms with Crippen LogP contribution in [0, 0.1) is 5.92 Å². The maximum Gasteiger partial charge on any atom is 0.322 e. The third kappa shape index (κ3) is 3.92. The molecule has 1 aromatic heterocycles. The van der Waals surface area contributed by atoms with E-state index < -0.39 is 10.0 Å². The number of urea groups is 1. The molecule has 10 heteroatoms. The third-order valence-corrected chi connectivity index (χ3v) is 8.35. The van der Waals surface area contributed by atoms with Crippen molar-refractivity contribution in [2.45, 2.75) is 29.1 Å². The van der Waals surface area contributed by atoms with Gasteiger partial charge in [0.2, 0.25) is 10.0 Å². The number of rotatable bonds is 6. The fraction of sp³-hybridized carbons (Fsp3) is 0.421. The standard InChI is InChI=1S/C19H23N3O5S2/c1-26-13-5-6-14(17(10-13)27-2)20-19(23)22-11-12-8-15(16(22)9-12)21-29(24,25)18-4-3-7-28-18/h3-7,10,12,15-16,21H,8-9,11H2,1-2H3,(H,20,23)/t12-,15+,16-/m1/s1. The van der Waals surface area contributed by atoms with Gasteiger partial charge < -0.3 is 19.7 Å². The third-order valence-electron chi connectivity index (χ3n) is 5.46. The van der Waals surface area contributed by atoms with Gasteiger partial charge in [-0.2, -0.15) is 0 Å². The number of fused-ring (bicyclic) bond motifs is 2. The molecule has 3 atom stereocenters. The fourth-order valence-electron chi connectivity index (χ4n) is 4.15. The van der Waals surface area contributed by atoms with E-state index in [2.05, 4.69) is 10.0 Å². The summed E-state index contributed by atoms with van der Waals surface area (Å²) in [6, 6.07) is 7.74. The van der Waals surface area contributed by atoms with E-state index in [-0.39, 0.29) is 18.1 Å². The molecule has 2 bridgehead atoms. The minimum Gasteiger partial charge on any atom is -0.497 e. The van der Waals surface area contributed by atoms with Gasteiger partial charge in [0.25, 0.3) is 0 Å². The SMILES string of the molecule is COc1ccc(NC(=O)N2C[C@@H]3C[C@H](NS(=O)(=O)c4cccs4)[C@H]2C3)c(OC)c1. The highest BCUT2D eigenvalue weighted by atomic mass is 32.2. The first-order valence-corrected chi connectivity index (χ1v) is 11.6. The van der Waals surface area contributed by atoms with Gasteiger partial charge in [-0.3, -0.25) is 0 Å². The van der Waals surface area contributed by atoms with Crippen LogP contribution in [0.4, 0.5) is 10.5 Å². The summed E-state index contributed by atoms with van der Waals surface area (Å²) < 4.78 is 38.8. The molecule has 2 aromatic rings. The lowest BCUT2D eigenvalue weighted by Gasteiger charge is -2.33. The fourth-order valence-corrected chi connectivity index (χ4v) is 6.44. The van der Waals surface area contributed by atoms with E-state index in [1.54, 1.807) is 47.7 Å². The Morgan fingerprint density at radius 1 is 1.21 bits per heavy atom. The molecule has 4 rings (SSSR count). The van der Waals surface area contributed by atoms with Crippen molar-refractivity contribution in [2.75, 3.05) is 26.1 Å². The lowest BCUT2D eigenvalue weighted by atomic mass is 10.1. The number of amides is 2. The Morgan fingerprint density at radius 2 is 2.03 bits per heavy atom. The Balaban J connectivity index is 1.47. The zero-order valence-electron chi connectivity index (χ0n) is 16.1. The summed E-state index contributed by atoms with van der Waals surface area (Å²) >= 11 is 1.18. The van der Waals surface area contributed by atoms with Crippen LogP contribution < -0.4 is 19.5 Å². The van der Waals surface area contributed by atoms with Gasteiger partial charge in [-0.15, -0.1) is 11.3 Å². The minimum absolute atomic E-state index is 0.168. The van der Waals surface area contributed by atoms with E-state index in [1.165, 1.54) is 18.4 Å². The predicted molar refractivity (Wildman–Crippen MR) is 110 cm³/mol. The van der Waals surface area contributed by atoms with Crippen molar-refractivity contribution in [1.82, 2.24) is 9.62 Å².